The molecule has 2 atom stereocenters. The standard InChI is InChI=1S/C58H94NO8P/c1-6-8-10-12-14-16-18-20-22-24-26-27-28-29-30-31-33-35-37-39-41-43-45-47-49-51-58(61)67-56(55-66-68(62,63)65-53-52-59(3,4)5)54-64-57(60)50-48-46-44-42-40-38-36-34-32-25-23-21-19-17-15-13-11-9-7-2/h8-11,14-17,20-23,26-27,29-30,32-35,39,41,56H,6-7,12-13,18-19,24-25,28,31,36-38,40,42-55H2,1-5H3/b10-8-,11-9-,16-14-,17-15-,22-20-,23-21-,27-26-,30-29-,34-32-,35-33-,41-39-. The van der Waals surface area contributed by atoms with Gasteiger partial charge in [0.25, 0.3) is 7.82 Å². The van der Waals surface area contributed by atoms with Crippen LogP contribution in [0.2, 0.25) is 0 Å². The molecule has 0 aliphatic heterocycles. The summed E-state index contributed by atoms with van der Waals surface area (Å²) in [6.07, 6.45) is 69.1. The predicted molar refractivity (Wildman–Crippen MR) is 286 cm³/mol. The van der Waals surface area contributed by atoms with Gasteiger partial charge in [0.2, 0.25) is 0 Å². The number of esters is 2. The van der Waals surface area contributed by atoms with Crippen LogP contribution >= 0.6 is 7.82 Å². The highest BCUT2D eigenvalue weighted by Crippen LogP contribution is 2.38. The average molecular weight is 964 g/mol. The molecule has 0 radical (unpaired) electrons. The van der Waals surface area contributed by atoms with E-state index >= 15 is 0 Å². The third kappa shape index (κ3) is 51.5. The molecule has 0 aromatic rings. The van der Waals surface area contributed by atoms with E-state index in [2.05, 4.69) is 148 Å². The lowest BCUT2D eigenvalue weighted by molar-refractivity contribution is -0.870. The fourth-order valence-corrected chi connectivity index (χ4v) is 6.94. The van der Waals surface area contributed by atoms with Gasteiger partial charge in [-0.15, -0.1) is 0 Å². The van der Waals surface area contributed by atoms with Crippen molar-refractivity contribution in [3.63, 3.8) is 0 Å². The molecule has 384 valence electrons. The first kappa shape index (κ1) is 64.2. The largest absolute Gasteiger partial charge is 0.756 e. The Morgan fingerprint density at radius 2 is 0.794 bits per heavy atom. The van der Waals surface area contributed by atoms with Gasteiger partial charge in [-0.05, 0) is 109 Å². The number of allylic oxidation sites excluding steroid dienone is 22. The van der Waals surface area contributed by atoms with Crippen LogP contribution in [-0.4, -0.2) is 70.0 Å². The first-order chi connectivity index (χ1) is 33.0. The lowest BCUT2D eigenvalue weighted by Gasteiger charge is -2.28. The lowest BCUT2D eigenvalue weighted by Crippen LogP contribution is -2.37. The van der Waals surface area contributed by atoms with Gasteiger partial charge in [-0.25, -0.2) is 0 Å². The first-order valence-corrected chi connectivity index (χ1v) is 27.4. The number of ether oxygens (including phenoxy) is 2. The van der Waals surface area contributed by atoms with E-state index in [1.165, 1.54) is 0 Å². The molecule has 0 aromatic carbocycles. The van der Waals surface area contributed by atoms with Crippen LogP contribution in [0.3, 0.4) is 0 Å². The third-order valence-electron chi connectivity index (χ3n) is 10.2. The van der Waals surface area contributed by atoms with Gasteiger partial charge in [-0.1, -0.05) is 180 Å². The molecule has 0 N–H and O–H groups in total. The molecule has 0 amide bonds. The zero-order chi connectivity index (χ0) is 49.9. The van der Waals surface area contributed by atoms with Crippen molar-refractivity contribution in [2.45, 2.75) is 174 Å². The van der Waals surface area contributed by atoms with E-state index in [9.17, 15) is 19.0 Å². The maximum absolute atomic E-state index is 12.8. The number of likely N-dealkylation sites (N-methyl/N-ethyl adjacent to an activating group) is 1. The van der Waals surface area contributed by atoms with Gasteiger partial charge < -0.3 is 27.9 Å². The second-order valence-corrected chi connectivity index (χ2v) is 19.2. The van der Waals surface area contributed by atoms with Crippen LogP contribution in [-0.2, 0) is 32.7 Å². The fourth-order valence-electron chi connectivity index (χ4n) is 6.21. The van der Waals surface area contributed by atoms with Gasteiger partial charge in [-0.3, -0.25) is 14.2 Å². The first-order valence-electron chi connectivity index (χ1n) is 25.9. The molecule has 68 heavy (non-hydrogen) atoms. The van der Waals surface area contributed by atoms with Crippen molar-refractivity contribution in [3.8, 4) is 0 Å². The normalized spacial score (nSPS) is 14.5. The summed E-state index contributed by atoms with van der Waals surface area (Å²) < 4.78 is 34.0. The smallest absolute Gasteiger partial charge is 0.306 e. The molecule has 10 heteroatoms. The van der Waals surface area contributed by atoms with Gasteiger partial charge in [0.1, 0.15) is 19.8 Å². The third-order valence-corrected chi connectivity index (χ3v) is 11.1. The number of hydrogen-bond donors (Lipinski definition) is 0. The van der Waals surface area contributed by atoms with Crippen LogP contribution in [0.1, 0.15) is 168 Å². The number of phosphoric ester groups is 1. The van der Waals surface area contributed by atoms with E-state index in [1.54, 1.807) is 0 Å². The predicted octanol–water partition coefficient (Wildman–Crippen LogP) is 15.2. The molecule has 0 aliphatic carbocycles. The second kappa shape index (κ2) is 48.2. The highest BCUT2D eigenvalue weighted by Gasteiger charge is 2.21. The Balaban J connectivity index is 4.39. The topological polar surface area (TPSA) is 111 Å². The van der Waals surface area contributed by atoms with Gasteiger partial charge in [0.05, 0.1) is 27.7 Å². The minimum Gasteiger partial charge on any atom is -0.756 e. The summed E-state index contributed by atoms with van der Waals surface area (Å²) >= 11 is 0. The van der Waals surface area contributed by atoms with E-state index in [-0.39, 0.29) is 26.1 Å². The Labute approximate surface area is 415 Å². The molecule has 9 nitrogen and oxygen atoms in total. The molecule has 0 rings (SSSR count). The Morgan fingerprint density at radius 3 is 1.19 bits per heavy atom. The molecular weight excluding hydrogens is 870 g/mol. The Kier molecular flexibility index (Phi) is 45.5. The number of rotatable bonds is 45. The maximum Gasteiger partial charge on any atom is 0.306 e. The molecule has 0 saturated carbocycles. The van der Waals surface area contributed by atoms with E-state index in [1.807, 2.05) is 21.1 Å². The molecule has 0 fully saturated rings. The maximum atomic E-state index is 12.8. The van der Waals surface area contributed by atoms with Crippen molar-refractivity contribution in [1.29, 1.82) is 0 Å². The number of carbonyl (C=O) groups excluding carboxylic acids is 2. The number of hydrogen-bond acceptors (Lipinski definition) is 8. The summed E-state index contributed by atoms with van der Waals surface area (Å²) in [4.78, 5) is 37.8. The summed E-state index contributed by atoms with van der Waals surface area (Å²) in [6, 6.07) is 0. The van der Waals surface area contributed by atoms with Crippen LogP contribution in [0, 0.1) is 0 Å². The van der Waals surface area contributed by atoms with Crippen LogP contribution in [0.4, 0.5) is 0 Å². The monoisotopic (exact) mass is 964 g/mol. The average Bonchev–Trinajstić information content (AvgIpc) is 3.30. The molecule has 0 spiro atoms. The highest BCUT2D eigenvalue weighted by molar-refractivity contribution is 7.45. The number of phosphoric acid groups is 1. The van der Waals surface area contributed by atoms with Gasteiger partial charge in [0.15, 0.2) is 6.10 Å². The van der Waals surface area contributed by atoms with Gasteiger partial charge in [0, 0.05) is 12.8 Å². The van der Waals surface area contributed by atoms with Crippen molar-refractivity contribution in [2.24, 2.45) is 0 Å². The zero-order valence-electron chi connectivity index (χ0n) is 43.2. The van der Waals surface area contributed by atoms with E-state index in [0.717, 1.165) is 128 Å². The Morgan fingerprint density at radius 1 is 0.456 bits per heavy atom. The van der Waals surface area contributed by atoms with Crippen LogP contribution in [0.15, 0.2) is 134 Å². The van der Waals surface area contributed by atoms with E-state index < -0.39 is 32.5 Å². The van der Waals surface area contributed by atoms with Crippen molar-refractivity contribution in [1.82, 2.24) is 0 Å². The summed E-state index contributed by atoms with van der Waals surface area (Å²) in [5.74, 6) is -0.903. The second-order valence-electron chi connectivity index (χ2n) is 17.8. The zero-order valence-corrected chi connectivity index (χ0v) is 44.1. The Bertz CT molecular complexity index is 1610. The van der Waals surface area contributed by atoms with Crippen molar-refractivity contribution >= 4 is 19.8 Å². The van der Waals surface area contributed by atoms with Crippen molar-refractivity contribution < 1.29 is 42.1 Å². The molecule has 0 bridgehead atoms. The van der Waals surface area contributed by atoms with Crippen molar-refractivity contribution in [3.05, 3.63) is 134 Å². The molecule has 0 aromatic heterocycles. The number of nitrogens with zero attached hydrogens (tertiary/aromatic N) is 1. The van der Waals surface area contributed by atoms with Crippen molar-refractivity contribution in [2.75, 3.05) is 47.5 Å². The minimum atomic E-state index is -4.66. The summed E-state index contributed by atoms with van der Waals surface area (Å²) in [6.45, 7) is 3.92. The summed E-state index contributed by atoms with van der Waals surface area (Å²) in [5, 5.41) is 0. The minimum absolute atomic E-state index is 0.0489. The lowest BCUT2D eigenvalue weighted by atomic mass is 10.1. The Hall–Kier alpha value is -3.85. The van der Waals surface area contributed by atoms with E-state index in [0.29, 0.717) is 23.9 Å². The number of carbonyl (C=O) groups is 2. The molecule has 0 heterocycles. The van der Waals surface area contributed by atoms with Gasteiger partial charge in [-0.2, -0.15) is 0 Å². The quantitative estimate of drug-likeness (QED) is 0.0195. The van der Waals surface area contributed by atoms with Gasteiger partial charge >= 0.3 is 11.9 Å². The number of quaternary nitrogens is 1. The highest BCUT2D eigenvalue weighted by atomic mass is 31.2. The molecule has 0 saturated heterocycles. The van der Waals surface area contributed by atoms with E-state index in [4.69, 9.17) is 18.5 Å². The SMILES string of the molecule is CC/C=C\C/C=C\C/C=C\C/C=C\C/C=C\C/C=C\C/C=C\CCCCCC(=O)OC(COC(=O)CCCCCCCC/C=C\C/C=C\C/C=C\C/C=C\CC)COP(=O)([O-])OCC[N+](C)(C)C. The molecular formula is C58H94NO8P. The summed E-state index contributed by atoms with van der Waals surface area (Å²) in [7, 11) is 1.11. The fraction of sp³-hybridized carbons (Fsp3) is 0.586. The van der Waals surface area contributed by atoms with Crippen LogP contribution < -0.4 is 4.89 Å². The molecule has 0 aliphatic rings. The van der Waals surface area contributed by atoms with Crippen LogP contribution in [0.5, 0.6) is 0 Å². The molecule has 2 unspecified atom stereocenters. The number of unbranched alkanes of at least 4 members (excludes halogenated alkanes) is 9. The summed E-state index contributed by atoms with van der Waals surface area (Å²) in [5.41, 5.74) is 0. The van der Waals surface area contributed by atoms with Crippen LogP contribution in [0.25, 0.3) is 0 Å².